The van der Waals surface area contributed by atoms with Gasteiger partial charge in [-0.2, -0.15) is 0 Å². The van der Waals surface area contributed by atoms with Crippen molar-refractivity contribution in [3.63, 3.8) is 0 Å². The molecule has 170 valence electrons. The molecule has 4 aromatic carbocycles. The van der Waals surface area contributed by atoms with Gasteiger partial charge in [-0.25, -0.2) is 0 Å². The van der Waals surface area contributed by atoms with Crippen LogP contribution in [0.3, 0.4) is 0 Å². The molecule has 4 aromatic rings. The lowest BCUT2D eigenvalue weighted by Gasteiger charge is -2.13. The van der Waals surface area contributed by atoms with Crippen molar-refractivity contribution >= 4 is 68.0 Å². The highest BCUT2D eigenvalue weighted by Crippen LogP contribution is 2.43. The highest BCUT2D eigenvalue weighted by atomic mass is 35.5. The summed E-state index contributed by atoms with van der Waals surface area (Å²) in [7, 11) is 2.98. The standard InChI is InChI=1S/C26H18Cl2N2O2S2/c27-19-13-9-17(10-14-19)25(31)29-21-5-1-3-7-23(21)33-34-24-8-4-2-6-22(24)30-26(32)18-11-15-20(28)16-12-18/h1-16H,(H,29,31)(H,30,32). The molecule has 0 spiro atoms. The van der Waals surface area contributed by atoms with Gasteiger partial charge in [-0.1, -0.05) is 69.1 Å². The molecule has 0 saturated heterocycles. The molecule has 0 saturated carbocycles. The number of hydrogen-bond acceptors (Lipinski definition) is 4. The molecular weight excluding hydrogens is 507 g/mol. The average molecular weight is 525 g/mol. The Morgan fingerprint density at radius 3 is 1.26 bits per heavy atom. The van der Waals surface area contributed by atoms with Crippen molar-refractivity contribution in [3.8, 4) is 0 Å². The molecule has 0 atom stereocenters. The fourth-order valence-electron chi connectivity index (χ4n) is 2.97. The van der Waals surface area contributed by atoms with E-state index in [1.165, 1.54) is 21.6 Å². The number of anilines is 2. The number of amides is 2. The first-order chi connectivity index (χ1) is 16.5. The van der Waals surface area contributed by atoms with E-state index in [4.69, 9.17) is 23.2 Å². The number of halogens is 2. The quantitative estimate of drug-likeness (QED) is 0.238. The summed E-state index contributed by atoms with van der Waals surface area (Å²) in [5, 5.41) is 7.07. The molecule has 0 fully saturated rings. The smallest absolute Gasteiger partial charge is 0.255 e. The highest BCUT2D eigenvalue weighted by Gasteiger charge is 2.13. The van der Waals surface area contributed by atoms with E-state index in [2.05, 4.69) is 10.6 Å². The van der Waals surface area contributed by atoms with Crippen LogP contribution in [0, 0.1) is 0 Å². The van der Waals surface area contributed by atoms with E-state index < -0.39 is 0 Å². The maximum Gasteiger partial charge on any atom is 0.255 e. The minimum absolute atomic E-state index is 0.217. The van der Waals surface area contributed by atoms with Gasteiger partial charge in [0.25, 0.3) is 11.8 Å². The molecule has 2 amide bonds. The Labute approximate surface area is 215 Å². The van der Waals surface area contributed by atoms with Gasteiger partial charge in [-0.3, -0.25) is 9.59 Å². The molecule has 0 aliphatic heterocycles. The van der Waals surface area contributed by atoms with E-state index in [9.17, 15) is 9.59 Å². The van der Waals surface area contributed by atoms with E-state index in [0.29, 0.717) is 32.5 Å². The summed E-state index contributed by atoms with van der Waals surface area (Å²) >= 11 is 11.8. The lowest BCUT2D eigenvalue weighted by molar-refractivity contribution is 0.101. The van der Waals surface area contributed by atoms with Crippen LogP contribution in [-0.2, 0) is 0 Å². The molecule has 0 bridgehead atoms. The largest absolute Gasteiger partial charge is 0.321 e. The molecule has 0 radical (unpaired) electrons. The van der Waals surface area contributed by atoms with E-state index in [-0.39, 0.29) is 11.8 Å². The molecule has 4 rings (SSSR count). The third kappa shape index (κ3) is 6.36. The Balaban J connectivity index is 1.46. The fraction of sp³-hybridized carbons (Fsp3) is 0. The SMILES string of the molecule is O=C(Nc1ccccc1SSc1ccccc1NC(=O)c1ccc(Cl)cc1)c1ccc(Cl)cc1. The maximum atomic E-state index is 12.7. The molecule has 0 aromatic heterocycles. The Morgan fingerprint density at radius 1 is 0.529 bits per heavy atom. The zero-order valence-electron chi connectivity index (χ0n) is 17.6. The highest BCUT2D eigenvalue weighted by molar-refractivity contribution is 8.76. The van der Waals surface area contributed by atoms with Crippen molar-refractivity contribution in [2.45, 2.75) is 9.79 Å². The van der Waals surface area contributed by atoms with Crippen molar-refractivity contribution in [2.75, 3.05) is 10.6 Å². The molecule has 2 N–H and O–H groups in total. The van der Waals surface area contributed by atoms with Crippen LogP contribution in [0.4, 0.5) is 11.4 Å². The Hall–Kier alpha value is -2.90. The van der Waals surface area contributed by atoms with Crippen LogP contribution in [0.5, 0.6) is 0 Å². The van der Waals surface area contributed by atoms with Crippen molar-refractivity contribution in [3.05, 3.63) is 118 Å². The third-order valence-electron chi connectivity index (χ3n) is 4.70. The van der Waals surface area contributed by atoms with Crippen LogP contribution in [0.25, 0.3) is 0 Å². The van der Waals surface area contributed by atoms with Gasteiger partial charge in [0.1, 0.15) is 0 Å². The number of rotatable bonds is 7. The molecule has 0 aliphatic carbocycles. The molecule has 34 heavy (non-hydrogen) atoms. The molecule has 0 unspecified atom stereocenters. The lowest BCUT2D eigenvalue weighted by atomic mass is 10.2. The minimum atomic E-state index is -0.217. The van der Waals surface area contributed by atoms with E-state index in [1.807, 2.05) is 48.5 Å². The average Bonchev–Trinajstić information content (AvgIpc) is 2.85. The van der Waals surface area contributed by atoms with Crippen LogP contribution in [0.15, 0.2) is 107 Å². The van der Waals surface area contributed by atoms with E-state index in [0.717, 1.165) is 9.79 Å². The molecule has 0 aliphatic rings. The molecular formula is C26H18Cl2N2O2S2. The summed E-state index contributed by atoms with van der Waals surface area (Å²) in [5.41, 5.74) is 2.43. The van der Waals surface area contributed by atoms with Crippen LogP contribution in [0.1, 0.15) is 20.7 Å². The Bertz CT molecular complexity index is 1210. The number of carbonyl (C=O) groups excluding carboxylic acids is 2. The summed E-state index contributed by atoms with van der Waals surface area (Å²) in [5.74, 6) is -0.435. The van der Waals surface area contributed by atoms with Gasteiger partial charge in [-0.15, -0.1) is 0 Å². The number of nitrogens with one attached hydrogen (secondary N) is 2. The van der Waals surface area contributed by atoms with Crippen LogP contribution in [-0.4, -0.2) is 11.8 Å². The molecule has 8 heteroatoms. The monoisotopic (exact) mass is 524 g/mol. The predicted molar refractivity (Wildman–Crippen MR) is 143 cm³/mol. The first-order valence-electron chi connectivity index (χ1n) is 10.2. The van der Waals surface area contributed by atoms with Crippen molar-refractivity contribution in [2.24, 2.45) is 0 Å². The number of carbonyl (C=O) groups is 2. The Kier molecular flexibility index (Phi) is 8.19. The maximum absolute atomic E-state index is 12.7. The first kappa shape index (κ1) is 24.2. The minimum Gasteiger partial charge on any atom is -0.321 e. The Morgan fingerprint density at radius 2 is 0.882 bits per heavy atom. The van der Waals surface area contributed by atoms with Gasteiger partial charge < -0.3 is 10.6 Å². The summed E-state index contributed by atoms with van der Waals surface area (Å²) in [6.45, 7) is 0. The lowest BCUT2D eigenvalue weighted by Crippen LogP contribution is -2.12. The van der Waals surface area contributed by atoms with E-state index >= 15 is 0 Å². The van der Waals surface area contributed by atoms with Crippen molar-refractivity contribution in [1.82, 2.24) is 0 Å². The summed E-state index contributed by atoms with van der Waals surface area (Å²) in [6, 6.07) is 28.6. The van der Waals surface area contributed by atoms with Crippen molar-refractivity contribution < 1.29 is 9.59 Å². The first-order valence-corrected chi connectivity index (χ1v) is 13.1. The summed E-state index contributed by atoms with van der Waals surface area (Å²) in [6.07, 6.45) is 0. The van der Waals surface area contributed by atoms with Gasteiger partial charge in [0, 0.05) is 31.0 Å². The normalized spacial score (nSPS) is 10.5. The number of para-hydroxylation sites is 2. The third-order valence-corrected chi connectivity index (χ3v) is 7.69. The molecule has 0 heterocycles. The van der Waals surface area contributed by atoms with Gasteiger partial charge >= 0.3 is 0 Å². The second-order valence-corrected chi connectivity index (χ2v) is 10.2. The second-order valence-electron chi connectivity index (χ2n) is 7.08. The summed E-state index contributed by atoms with van der Waals surface area (Å²) in [4.78, 5) is 27.1. The zero-order valence-corrected chi connectivity index (χ0v) is 20.8. The number of hydrogen-bond donors (Lipinski definition) is 2. The zero-order chi connectivity index (χ0) is 23.9. The second kappa shape index (κ2) is 11.5. The van der Waals surface area contributed by atoms with Gasteiger partial charge in [0.05, 0.1) is 11.4 Å². The van der Waals surface area contributed by atoms with Crippen LogP contribution in [0.2, 0.25) is 10.0 Å². The predicted octanol–water partition coefficient (Wildman–Crippen LogP) is 8.30. The van der Waals surface area contributed by atoms with Crippen molar-refractivity contribution in [1.29, 1.82) is 0 Å². The van der Waals surface area contributed by atoms with E-state index in [1.54, 1.807) is 48.5 Å². The fourth-order valence-corrected chi connectivity index (χ4v) is 5.49. The summed E-state index contributed by atoms with van der Waals surface area (Å²) < 4.78 is 0. The van der Waals surface area contributed by atoms with Gasteiger partial charge in [0.2, 0.25) is 0 Å². The molecule has 4 nitrogen and oxygen atoms in total. The number of benzene rings is 4. The van der Waals surface area contributed by atoms with Crippen LogP contribution < -0.4 is 10.6 Å². The van der Waals surface area contributed by atoms with Crippen LogP contribution >= 0.6 is 44.8 Å². The van der Waals surface area contributed by atoms with Gasteiger partial charge in [0.15, 0.2) is 0 Å². The topological polar surface area (TPSA) is 58.2 Å². The van der Waals surface area contributed by atoms with Gasteiger partial charge in [-0.05, 0) is 72.8 Å².